The molecule has 1 saturated heterocycles. The lowest BCUT2D eigenvalue weighted by Crippen LogP contribution is -2.50. The van der Waals surface area contributed by atoms with Crippen molar-refractivity contribution >= 4 is 11.8 Å². The topological polar surface area (TPSA) is 61.4 Å². The molecule has 1 aliphatic rings. The van der Waals surface area contributed by atoms with E-state index < -0.39 is 5.41 Å². The van der Waals surface area contributed by atoms with Crippen LogP contribution in [0.5, 0.6) is 0 Å². The Morgan fingerprint density at radius 1 is 1.42 bits per heavy atom. The van der Waals surface area contributed by atoms with Gasteiger partial charge in [-0.2, -0.15) is 0 Å². The average molecular weight is 269 g/mol. The number of nitrogens with one attached hydrogen (secondary N) is 2. The molecule has 0 aromatic carbocycles. The van der Waals surface area contributed by atoms with Gasteiger partial charge in [0.1, 0.15) is 0 Å². The molecule has 0 spiro atoms. The number of carbonyl (C=O) groups is 2. The van der Waals surface area contributed by atoms with Crippen LogP contribution in [-0.4, -0.2) is 49.9 Å². The summed E-state index contributed by atoms with van der Waals surface area (Å²) in [5.74, 6) is 0.299. The van der Waals surface area contributed by atoms with Crippen LogP contribution in [0.2, 0.25) is 0 Å². The van der Waals surface area contributed by atoms with Gasteiger partial charge in [-0.1, -0.05) is 13.8 Å². The maximum absolute atomic E-state index is 12.7. The number of hydrogen-bond donors (Lipinski definition) is 2. The van der Waals surface area contributed by atoms with Gasteiger partial charge >= 0.3 is 0 Å². The van der Waals surface area contributed by atoms with Crippen LogP contribution in [0.4, 0.5) is 0 Å². The maximum Gasteiger partial charge on any atom is 0.239 e. The van der Waals surface area contributed by atoms with Crippen molar-refractivity contribution in [3.63, 3.8) is 0 Å². The monoisotopic (exact) mass is 269 g/mol. The second-order valence-electron chi connectivity index (χ2n) is 5.76. The first-order valence-corrected chi connectivity index (χ1v) is 7.14. The van der Waals surface area contributed by atoms with Crippen LogP contribution >= 0.6 is 0 Å². The lowest BCUT2D eigenvalue weighted by atomic mass is 9.74. The van der Waals surface area contributed by atoms with E-state index in [4.69, 9.17) is 0 Å². The second kappa shape index (κ2) is 6.89. The summed E-state index contributed by atoms with van der Waals surface area (Å²) in [5, 5.41) is 5.93. The fourth-order valence-electron chi connectivity index (χ4n) is 2.63. The minimum atomic E-state index is -0.419. The number of hydrogen-bond acceptors (Lipinski definition) is 3. The molecule has 0 radical (unpaired) electrons. The van der Waals surface area contributed by atoms with Gasteiger partial charge in [0.25, 0.3) is 0 Å². The third-order valence-corrected chi connectivity index (χ3v) is 4.15. The van der Waals surface area contributed by atoms with E-state index in [0.717, 1.165) is 25.9 Å². The minimum absolute atomic E-state index is 0.0762. The molecule has 2 amide bonds. The molecule has 1 rings (SSSR count). The molecule has 2 N–H and O–H groups in total. The normalized spacial score (nSPS) is 19.9. The smallest absolute Gasteiger partial charge is 0.239 e. The van der Waals surface area contributed by atoms with Gasteiger partial charge in [0.2, 0.25) is 11.8 Å². The molecule has 1 fully saturated rings. The SMILES string of the molecule is CCN(CC(=O)NC)C(=O)C(C)(C)C1CCCNC1. The number of rotatable bonds is 5. The fraction of sp³-hybridized carbons (Fsp3) is 0.857. The number of amides is 2. The highest BCUT2D eigenvalue weighted by Crippen LogP contribution is 2.33. The Balaban J connectivity index is 2.73. The molecule has 5 nitrogen and oxygen atoms in total. The van der Waals surface area contributed by atoms with Crippen molar-refractivity contribution in [3.8, 4) is 0 Å². The van der Waals surface area contributed by atoms with Gasteiger partial charge in [-0.15, -0.1) is 0 Å². The Hall–Kier alpha value is -1.10. The maximum atomic E-state index is 12.7. The standard InChI is InChI=1S/C14H27N3O2/c1-5-17(10-12(18)15-4)13(19)14(2,3)11-7-6-8-16-9-11/h11,16H,5-10H2,1-4H3,(H,15,18). The Kier molecular flexibility index (Phi) is 5.79. The zero-order chi connectivity index (χ0) is 14.5. The van der Waals surface area contributed by atoms with Gasteiger partial charge in [0.05, 0.1) is 6.54 Å². The van der Waals surface area contributed by atoms with Gasteiger partial charge in [-0.3, -0.25) is 9.59 Å². The first-order valence-electron chi connectivity index (χ1n) is 7.14. The zero-order valence-electron chi connectivity index (χ0n) is 12.6. The summed E-state index contributed by atoms with van der Waals surface area (Å²) in [4.78, 5) is 25.8. The van der Waals surface area contributed by atoms with Crippen LogP contribution in [0, 0.1) is 11.3 Å². The summed E-state index contributed by atoms with van der Waals surface area (Å²) in [7, 11) is 1.59. The highest BCUT2D eigenvalue weighted by Gasteiger charge is 2.39. The van der Waals surface area contributed by atoms with Gasteiger partial charge in [-0.25, -0.2) is 0 Å². The molecule has 0 aromatic heterocycles. The summed E-state index contributed by atoms with van der Waals surface area (Å²) in [6, 6.07) is 0. The van der Waals surface area contributed by atoms with Crippen LogP contribution in [0.1, 0.15) is 33.6 Å². The molecule has 0 saturated carbocycles. The summed E-state index contributed by atoms with van der Waals surface area (Å²) in [6.07, 6.45) is 2.19. The lowest BCUT2D eigenvalue weighted by molar-refractivity contribution is -0.146. The highest BCUT2D eigenvalue weighted by atomic mass is 16.2. The van der Waals surface area contributed by atoms with Crippen LogP contribution in [0.15, 0.2) is 0 Å². The van der Waals surface area contributed by atoms with Crippen molar-refractivity contribution in [2.24, 2.45) is 11.3 Å². The van der Waals surface area contributed by atoms with Gasteiger partial charge in [-0.05, 0) is 38.8 Å². The Morgan fingerprint density at radius 2 is 2.11 bits per heavy atom. The van der Waals surface area contributed by atoms with Crippen molar-refractivity contribution < 1.29 is 9.59 Å². The molecule has 1 aliphatic heterocycles. The quantitative estimate of drug-likeness (QED) is 0.768. The number of nitrogens with zero attached hydrogens (tertiary/aromatic N) is 1. The summed E-state index contributed by atoms with van der Waals surface area (Å²) in [5.41, 5.74) is -0.419. The Labute approximate surface area is 116 Å². The van der Waals surface area contributed by atoms with E-state index >= 15 is 0 Å². The van der Waals surface area contributed by atoms with E-state index in [1.54, 1.807) is 11.9 Å². The second-order valence-corrected chi connectivity index (χ2v) is 5.76. The number of piperidine rings is 1. The van der Waals surface area contributed by atoms with Crippen LogP contribution in [-0.2, 0) is 9.59 Å². The molecule has 0 bridgehead atoms. The Morgan fingerprint density at radius 3 is 2.58 bits per heavy atom. The van der Waals surface area contributed by atoms with Crippen molar-refractivity contribution in [1.29, 1.82) is 0 Å². The molecule has 1 atom stereocenters. The molecular weight excluding hydrogens is 242 g/mol. The molecule has 0 aromatic rings. The first-order chi connectivity index (χ1) is 8.93. The largest absolute Gasteiger partial charge is 0.358 e. The van der Waals surface area contributed by atoms with Gasteiger partial charge in [0, 0.05) is 19.0 Å². The van der Waals surface area contributed by atoms with Crippen molar-refractivity contribution in [3.05, 3.63) is 0 Å². The number of carbonyl (C=O) groups excluding carboxylic acids is 2. The fourth-order valence-corrected chi connectivity index (χ4v) is 2.63. The first kappa shape index (κ1) is 16.0. The van der Waals surface area contributed by atoms with Crippen LogP contribution < -0.4 is 10.6 Å². The zero-order valence-corrected chi connectivity index (χ0v) is 12.6. The third-order valence-electron chi connectivity index (χ3n) is 4.15. The van der Waals surface area contributed by atoms with E-state index in [1.165, 1.54) is 0 Å². The minimum Gasteiger partial charge on any atom is -0.358 e. The van der Waals surface area contributed by atoms with E-state index in [0.29, 0.717) is 12.5 Å². The third kappa shape index (κ3) is 3.93. The summed E-state index contributed by atoms with van der Waals surface area (Å²) < 4.78 is 0. The van der Waals surface area contributed by atoms with E-state index in [-0.39, 0.29) is 18.4 Å². The Bertz CT molecular complexity index is 323. The van der Waals surface area contributed by atoms with Crippen molar-refractivity contribution in [2.45, 2.75) is 33.6 Å². The van der Waals surface area contributed by atoms with Crippen LogP contribution in [0.3, 0.4) is 0 Å². The molecular formula is C14H27N3O2. The summed E-state index contributed by atoms with van der Waals surface area (Å²) in [6.45, 7) is 8.55. The lowest BCUT2D eigenvalue weighted by Gasteiger charge is -2.39. The molecule has 110 valence electrons. The summed E-state index contributed by atoms with van der Waals surface area (Å²) >= 11 is 0. The number of likely N-dealkylation sites (N-methyl/N-ethyl adjacent to an activating group) is 2. The van der Waals surface area contributed by atoms with E-state index in [9.17, 15) is 9.59 Å². The van der Waals surface area contributed by atoms with Crippen LogP contribution in [0.25, 0.3) is 0 Å². The van der Waals surface area contributed by atoms with E-state index in [2.05, 4.69) is 10.6 Å². The molecule has 0 aliphatic carbocycles. The molecule has 1 heterocycles. The predicted octanol–water partition coefficient (Wildman–Crippen LogP) is 0.607. The molecule has 5 heteroatoms. The van der Waals surface area contributed by atoms with Crippen molar-refractivity contribution in [2.75, 3.05) is 33.2 Å². The highest BCUT2D eigenvalue weighted by molar-refractivity contribution is 5.87. The average Bonchev–Trinajstić information content (AvgIpc) is 2.44. The molecule has 1 unspecified atom stereocenters. The van der Waals surface area contributed by atoms with Gasteiger partial charge in [0.15, 0.2) is 0 Å². The van der Waals surface area contributed by atoms with E-state index in [1.807, 2.05) is 20.8 Å². The molecule has 19 heavy (non-hydrogen) atoms. The van der Waals surface area contributed by atoms with Crippen molar-refractivity contribution in [1.82, 2.24) is 15.5 Å². The van der Waals surface area contributed by atoms with Gasteiger partial charge < -0.3 is 15.5 Å². The predicted molar refractivity (Wildman–Crippen MR) is 75.7 cm³/mol.